The van der Waals surface area contributed by atoms with Crippen LogP contribution in [0.5, 0.6) is 11.5 Å². The number of thioether (sulfide) groups is 1. The second kappa shape index (κ2) is 11.8. The lowest BCUT2D eigenvalue weighted by molar-refractivity contribution is -0.123. The Kier molecular flexibility index (Phi) is 7.45. The topological polar surface area (TPSA) is 98.6 Å². The highest BCUT2D eigenvalue weighted by atomic mass is 32.2. The van der Waals surface area contributed by atoms with Crippen molar-refractivity contribution in [3.63, 3.8) is 0 Å². The average molecular weight is 608 g/mol. The Morgan fingerprint density at radius 3 is 2.57 bits per heavy atom. The second-order valence-corrected chi connectivity index (χ2v) is 11.3. The number of amides is 2. The van der Waals surface area contributed by atoms with E-state index in [-0.39, 0.29) is 42.7 Å². The molecule has 0 saturated heterocycles. The number of nitrogens with one attached hydrogen (secondary N) is 1. The normalized spacial score (nSPS) is 15.5. The van der Waals surface area contributed by atoms with Gasteiger partial charge in [-0.3, -0.25) is 19.5 Å². The molecule has 3 aromatic carbocycles. The number of hydrogen-bond acceptors (Lipinski definition) is 7. The van der Waals surface area contributed by atoms with Crippen LogP contribution in [0, 0.1) is 5.82 Å². The number of fused-ring (bicyclic) bond motifs is 2. The van der Waals surface area contributed by atoms with Crippen LogP contribution in [0.1, 0.15) is 22.1 Å². The Balaban J connectivity index is 1.38. The van der Waals surface area contributed by atoms with Crippen molar-refractivity contribution in [1.82, 2.24) is 20.1 Å². The summed E-state index contributed by atoms with van der Waals surface area (Å²) in [4.78, 5) is 33.0. The summed E-state index contributed by atoms with van der Waals surface area (Å²) in [5.41, 5.74) is 4.38. The molecule has 0 aliphatic carbocycles. The number of rotatable bonds is 7. The molecule has 0 bridgehead atoms. The molecule has 2 amide bonds. The molecule has 4 heterocycles. The van der Waals surface area contributed by atoms with Gasteiger partial charge in [-0.15, -0.1) is 11.8 Å². The number of nitrogens with zero attached hydrogens (tertiary/aromatic N) is 4. The molecule has 220 valence electrons. The van der Waals surface area contributed by atoms with Crippen LogP contribution in [0.4, 0.5) is 10.2 Å². The lowest BCUT2D eigenvalue weighted by atomic mass is 9.99. The van der Waals surface area contributed by atoms with Gasteiger partial charge in [-0.25, -0.2) is 9.07 Å². The lowest BCUT2D eigenvalue weighted by Crippen LogP contribution is -2.42. The summed E-state index contributed by atoms with van der Waals surface area (Å²) in [6.45, 7) is 0.114. The minimum absolute atomic E-state index is 0.110. The van der Waals surface area contributed by atoms with Crippen molar-refractivity contribution in [2.45, 2.75) is 11.8 Å². The van der Waals surface area contributed by atoms with Gasteiger partial charge in [0.25, 0.3) is 0 Å². The number of carbonyl (C=O) groups is 2. The van der Waals surface area contributed by atoms with Gasteiger partial charge in [-0.05, 0) is 54.1 Å². The third-order valence-corrected chi connectivity index (χ3v) is 8.66. The molecular weight excluding hydrogens is 581 g/mol. The first-order chi connectivity index (χ1) is 21.5. The van der Waals surface area contributed by atoms with Crippen LogP contribution in [0.25, 0.3) is 16.9 Å². The molecule has 0 fully saturated rings. The summed E-state index contributed by atoms with van der Waals surface area (Å²) < 4.78 is 26.9. The number of halogens is 1. The molecule has 0 saturated carbocycles. The number of carbonyl (C=O) groups excluding carboxylic acids is 2. The molecule has 0 spiro atoms. The summed E-state index contributed by atoms with van der Waals surface area (Å²) in [5, 5.41) is 7.56. The molecule has 9 nitrogen and oxygen atoms in total. The van der Waals surface area contributed by atoms with Gasteiger partial charge < -0.3 is 14.8 Å². The summed E-state index contributed by atoms with van der Waals surface area (Å²) >= 11 is 1.45. The fourth-order valence-electron chi connectivity index (χ4n) is 5.32. The summed E-state index contributed by atoms with van der Waals surface area (Å²) in [6.07, 6.45) is 1.66. The quantitative estimate of drug-likeness (QED) is 0.269. The van der Waals surface area contributed by atoms with E-state index in [1.54, 1.807) is 29.1 Å². The van der Waals surface area contributed by atoms with E-state index in [4.69, 9.17) is 14.6 Å². The standard InChI is InChI=1S/C33H26FN5O4S/c34-23-10-12-25(13-11-23)39-33-30(31(37-39)21-6-2-1-3-7-21)32(22-9-14-26-27(16-22)43-20-42-26)44-19-29(41)38(33)18-28(40)36-17-24-8-4-5-15-35-24/h1-16,32H,17-20H2,(H,36,40). The minimum atomic E-state index is -0.397. The summed E-state index contributed by atoms with van der Waals surface area (Å²) in [6, 6.07) is 26.8. The molecule has 1 N–H and O–H groups in total. The first-order valence-corrected chi connectivity index (χ1v) is 15.0. The first kappa shape index (κ1) is 27.7. The van der Waals surface area contributed by atoms with Gasteiger partial charge in [0, 0.05) is 17.3 Å². The Morgan fingerprint density at radius 1 is 0.977 bits per heavy atom. The lowest BCUT2D eigenvalue weighted by Gasteiger charge is -2.23. The van der Waals surface area contributed by atoms with Crippen LogP contribution in [0.2, 0.25) is 0 Å². The van der Waals surface area contributed by atoms with Gasteiger partial charge in [0.05, 0.1) is 34.6 Å². The zero-order valence-corrected chi connectivity index (χ0v) is 24.2. The molecule has 11 heteroatoms. The minimum Gasteiger partial charge on any atom is -0.454 e. The number of aromatic nitrogens is 3. The predicted octanol–water partition coefficient (Wildman–Crippen LogP) is 5.29. The number of anilines is 1. The Morgan fingerprint density at radius 2 is 1.77 bits per heavy atom. The van der Waals surface area contributed by atoms with Crippen molar-refractivity contribution in [1.29, 1.82) is 0 Å². The van der Waals surface area contributed by atoms with Crippen LogP contribution in [0.3, 0.4) is 0 Å². The molecule has 1 atom stereocenters. The number of hydrogen-bond donors (Lipinski definition) is 1. The van der Waals surface area contributed by atoms with E-state index in [0.29, 0.717) is 34.4 Å². The fraction of sp³-hybridized carbons (Fsp3) is 0.152. The Labute approximate surface area is 256 Å². The van der Waals surface area contributed by atoms with E-state index in [9.17, 15) is 14.0 Å². The molecule has 5 aromatic rings. The van der Waals surface area contributed by atoms with Gasteiger partial charge in [0.15, 0.2) is 11.5 Å². The van der Waals surface area contributed by atoms with Crippen molar-refractivity contribution in [3.8, 4) is 28.4 Å². The van der Waals surface area contributed by atoms with Crippen LogP contribution in [-0.2, 0) is 16.1 Å². The molecule has 2 aromatic heterocycles. The number of pyridine rings is 1. The highest BCUT2D eigenvalue weighted by Gasteiger charge is 2.38. The molecular formula is C33H26FN5O4S. The van der Waals surface area contributed by atoms with E-state index in [1.165, 1.54) is 28.8 Å². The highest BCUT2D eigenvalue weighted by molar-refractivity contribution is 8.00. The highest BCUT2D eigenvalue weighted by Crippen LogP contribution is 2.50. The molecule has 0 radical (unpaired) electrons. The molecule has 1 unspecified atom stereocenters. The van der Waals surface area contributed by atoms with Crippen LogP contribution < -0.4 is 19.7 Å². The van der Waals surface area contributed by atoms with Crippen molar-refractivity contribution in [2.75, 3.05) is 24.0 Å². The Hall–Kier alpha value is -5.16. The van der Waals surface area contributed by atoms with Gasteiger partial charge in [-0.2, -0.15) is 5.10 Å². The van der Waals surface area contributed by atoms with E-state index in [2.05, 4.69) is 10.3 Å². The molecule has 2 aliphatic rings. The summed E-state index contributed by atoms with van der Waals surface area (Å²) in [7, 11) is 0. The third-order valence-electron chi connectivity index (χ3n) is 7.40. The molecule has 2 aliphatic heterocycles. The largest absolute Gasteiger partial charge is 0.454 e. The smallest absolute Gasteiger partial charge is 0.240 e. The van der Waals surface area contributed by atoms with Crippen molar-refractivity contribution < 1.29 is 23.5 Å². The van der Waals surface area contributed by atoms with E-state index in [1.807, 2.05) is 60.7 Å². The molecule has 44 heavy (non-hydrogen) atoms. The maximum absolute atomic E-state index is 14.0. The number of benzene rings is 3. The fourth-order valence-corrected chi connectivity index (χ4v) is 6.51. The van der Waals surface area contributed by atoms with Gasteiger partial charge >= 0.3 is 0 Å². The van der Waals surface area contributed by atoms with Crippen LogP contribution >= 0.6 is 11.8 Å². The van der Waals surface area contributed by atoms with E-state index < -0.39 is 5.82 Å². The van der Waals surface area contributed by atoms with Crippen molar-refractivity contribution >= 4 is 29.4 Å². The predicted molar refractivity (Wildman–Crippen MR) is 164 cm³/mol. The zero-order valence-electron chi connectivity index (χ0n) is 23.4. The zero-order chi connectivity index (χ0) is 30.0. The van der Waals surface area contributed by atoms with Crippen LogP contribution in [-0.4, -0.2) is 45.7 Å². The SMILES string of the molecule is O=C(CN1C(=O)CSC(c2ccc3c(c2)OCO3)c2c(-c3ccccc3)nn(-c3ccc(F)cc3)c21)NCc1ccccn1. The van der Waals surface area contributed by atoms with E-state index in [0.717, 1.165) is 16.7 Å². The summed E-state index contributed by atoms with van der Waals surface area (Å²) in [5.74, 6) is 0.828. The van der Waals surface area contributed by atoms with Crippen LogP contribution in [0.15, 0.2) is 97.2 Å². The van der Waals surface area contributed by atoms with Gasteiger partial charge in [0.2, 0.25) is 18.6 Å². The maximum Gasteiger partial charge on any atom is 0.240 e. The number of ether oxygens (including phenoxy) is 2. The monoisotopic (exact) mass is 607 g/mol. The average Bonchev–Trinajstić information content (AvgIpc) is 3.66. The van der Waals surface area contributed by atoms with Crippen molar-refractivity contribution in [2.24, 2.45) is 0 Å². The second-order valence-electron chi connectivity index (χ2n) is 10.2. The molecule has 7 rings (SSSR count). The van der Waals surface area contributed by atoms with Crippen molar-refractivity contribution in [3.05, 3.63) is 120 Å². The maximum atomic E-state index is 14.0. The third kappa shape index (κ3) is 5.37. The Bertz CT molecular complexity index is 1830. The van der Waals surface area contributed by atoms with E-state index >= 15 is 0 Å². The first-order valence-electron chi connectivity index (χ1n) is 14.0. The van der Waals surface area contributed by atoms with Gasteiger partial charge in [-0.1, -0.05) is 42.5 Å². The van der Waals surface area contributed by atoms with Gasteiger partial charge in [0.1, 0.15) is 18.2 Å².